The summed E-state index contributed by atoms with van der Waals surface area (Å²) in [6.07, 6.45) is 0. The van der Waals surface area contributed by atoms with Gasteiger partial charge in [0.25, 0.3) is 11.8 Å². The summed E-state index contributed by atoms with van der Waals surface area (Å²) in [5.41, 5.74) is 1.60. The van der Waals surface area contributed by atoms with Crippen molar-refractivity contribution in [2.45, 2.75) is 20.4 Å². The van der Waals surface area contributed by atoms with Crippen LogP contribution in [0.5, 0.6) is 0 Å². The molecule has 1 aromatic heterocycles. The first kappa shape index (κ1) is 16.0. The number of amides is 3. The highest BCUT2D eigenvalue weighted by atomic mass is 16.3. The minimum atomic E-state index is -0.425. The Labute approximate surface area is 139 Å². The third-order valence-electron chi connectivity index (χ3n) is 4.03. The van der Waals surface area contributed by atoms with Crippen LogP contribution in [-0.4, -0.2) is 41.1 Å². The van der Waals surface area contributed by atoms with Gasteiger partial charge in [-0.1, -0.05) is 11.6 Å². The number of benzene rings is 1. The molecule has 0 spiro atoms. The molecule has 0 unspecified atom stereocenters. The van der Waals surface area contributed by atoms with Crippen molar-refractivity contribution in [3.8, 4) is 0 Å². The zero-order valence-electron chi connectivity index (χ0n) is 13.8. The number of imide groups is 1. The van der Waals surface area contributed by atoms with Gasteiger partial charge in [0.05, 0.1) is 17.7 Å². The van der Waals surface area contributed by atoms with E-state index in [0.717, 1.165) is 16.2 Å². The van der Waals surface area contributed by atoms with E-state index in [9.17, 15) is 14.4 Å². The molecule has 1 aliphatic rings. The first-order valence-corrected chi connectivity index (χ1v) is 7.63. The number of hydrogen-bond acceptors (Lipinski definition) is 4. The van der Waals surface area contributed by atoms with Crippen LogP contribution in [0.2, 0.25) is 0 Å². The zero-order valence-corrected chi connectivity index (χ0v) is 13.8. The lowest BCUT2D eigenvalue weighted by molar-refractivity contribution is -0.130. The fourth-order valence-corrected chi connectivity index (χ4v) is 2.70. The van der Waals surface area contributed by atoms with Crippen LogP contribution in [0.25, 0.3) is 0 Å². The third-order valence-corrected chi connectivity index (χ3v) is 4.03. The van der Waals surface area contributed by atoms with Crippen molar-refractivity contribution in [2.75, 3.05) is 13.6 Å². The molecule has 6 heteroatoms. The molecule has 0 bridgehead atoms. The van der Waals surface area contributed by atoms with Gasteiger partial charge in [0.15, 0.2) is 0 Å². The standard InChI is InChI=1S/C18H18N2O4/c1-11-4-7-14-15(8-11)18(23)20(17(14)22)10-16(21)19(3)9-13-6-5-12(2)24-13/h4-8H,9-10H2,1-3H3. The van der Waals surface area contributed by atoms with Gasteiger partial charge in [-0.3, -0.25) is 19.3 Å². The molecule has 2 aromatic rings. The van der Waals surface area contributed by atoms with E-state index >= 15 is 0 Å². The summed E-state index contributed by atoms with van der Waals surface area (Å²) in [6.45, 7) is 3.69. The molecule has 0 saturated carbocycles. The fraction of sp³-hybridized carbons (Fsp3) is 0.278. The van der Waals surface area contributed by atoms with Crippen molar-refractivity contribution < 1.29 is 18.8 Å². The molecule has 3 amide bonds. The van der Waals surface area contributed by atoms with Crippen LogP contribution in [-0.2, 0) is 11.3 Å². The van der Waals surface area contributed by atoms with E-state index in [1.165, 1.54) is 4.90 Å². The molecule has 124 valence electrons. The van der Waals surface area contributed by atoms with Gasteiger partial charge >= 0.3 is 0 Å². The first-order valence-electron chi connectivity index (χ1n) is 7.63. The molecule has 24 heavy (non-hydrogen) atoms. The highest BCUT2D eigenvalue weighted by Gasteiger charge is 2.37. The van der Waals surface area contributed by atoms with Gasteiger partial charge in [-0.25, -0.2) is 0 Å². The Kier molecular flexibility index (Phi) is 3.97. The lowest BCUT2D eigenvalue weighted by Crippen LogP contribution is -2.40. The maximum absolute atomic E-state index is 12.4. The SMILES string of the molecule is Cc1ccc2c(c1)C(=O)N(CC(=O)N(C)Cc1ccc(C)o1)C2=O. The van der Waals surface area contributed by atoms with Crippen molar-refractivity contribution in [1.29, 1.82) is 0 Å². The lowest BCUT2D eigenvalue weighted by Gasteiger charge is -2.19. The molecule has 0 saturated heterocycles. The molecule has 1 aromatic carbocycles. The smallest absolute Gasteiger partial charge is 0.262 e. The average molecular weight is 326 g/mol. The molecule has 3 rings (SSSR count). The van der Waals surface area contributed by atoms with Crippen LogP contribution in [0.3, 0.4) is 0 Å². The highest BCUT2D eigenvalue weighted by Crippen LogP contribution is 2.23. The number of furan rings is 1. The number of aryl methyl sites for hydroxylation is 2. The van der Waals surface area contributed by atoms with Crippen LogP contribution in [0.4, 0.5) is 0 Å². The number of carbonyl (C=O) groups is 3. The topological polar surface area (TPSA) is 70.8 Å². The van der Waals surface area contributed by atoms with E-state index in [1.807, 2.05) is 19.9 Å². The summed E-state index contributed by atoms with van der Waals surface area (Å²) in [7, 11) is 1.61. The molecular weight excluding hydrogens is 308 g/mol. The van der Waals surface area contributed by atoms with Crippen molar-refractivity contribution in [3.05, 3.63) is 58.5 Å². The predicted molar refractivity (Wildman–Crippen MR) is 86.5 cm³/mol. The number of nitrogens with zero attached hydrogens (tertiary/aromatic N) is 2. The minimum Gasteiger partial charge on any atom is -0.464 e. The lowest BCUT2D eigenvalue weighted by atomic mass is 10.1. The second-order valence-corrected chi connectivity index (χ2v) is 6.01. The minimum absolute atomic E-state index is 0.276. The third kappa shape index (κ3) is 2.82. The van der Waals surface area contributed by atoms with E-state index in [1.54, 1.807) is 31.3 Å². The van der Waals surface area contributed by atoms with Gasteiger partial charge < -0.3 is 9.32 Å². The molecular formula is C18H18N2O4. The van der Waals surface area contributed by atoms with E-state index in [4.69, 9.17) is 4.42 Å². The predicted octanol–water partition coefficient (Wildman–Crippen LogP) is 2.15. The van der Waals surface area contributed by atoms with Crippen LogP contribution >= 0.6 is 0 Å². The molecule has 1 aliphatic heterocycles. The Bertz CT molecular complexity index is 837. The van der Waals surface area contributed by atoms with Crippen LogP contribution in [0, 0.1) is 13.8 Å². The van der Waals surface area contributed by atoms with Gasteiger partial charge in [0.2, 0.25) is 5.91 Å². The molecule has 0 radical (unpaired) electrons. The van der Waals surface area contributed by atoms with Gasteiger partial charge in [0, 0.05) is 7.05 Å². The second-order valence-electron chi connectivity index (χ2n) is 6.01. The number of carbonyl (C=O) groups excluding carboxylic acids is 3. The zero-order chi connectivity index (χ0) is 17.4. The largest absolute Gasteiger partial charge is 0.464 e. The Morgan fingerprint density at radius 3 is 2.46 bits per heavy atom. The first-order chi connectivity index (χ1) is 11.4. The van der Waals surface area contributed by atoms with Crippen molar-refractivity contribution in [3.63, 3.8) is 0 Å². The molecule has 0 N–H and O–H groups in total. The Morgan fingerprint density at radius 2 is 1.79 bits per heavy atom. The number of rotatable bonds is 4. The van der Waals surface area contributed by atoms with Crippen LogP contribution in [0.15, 0.2) is 34.7 Å². The quantitative estimate of drug-likeness (QED) is 0.807. The summed E-state index contributed by atoms with van der Waals surface area (Å²) < 4.78 is 5.44. The van der Waals surface area contributed by atoms with E-state index in [2.05, 4.69) is 0 Å². The Morgan fingerprint density at radius 1 is 1.08 bits per heavy atom. The average Bonchev–Trinajstić information content (AvgIpc) is 3.04. The number of likely N-dealkylation sites (N-methyl/N-ethyl adjacent to an activating group) is 1. The van der Waals surface area contributed by atoms with Crippen molar-refractivity contribution >= 4 is 17.7 Å². The molecule has 0 fully saturated rings. The summed E-state index contributed by atoms with van der Waals surface area (Å²) in [6, 6.07) is 8.70. The summed E-state index contributed by atoms with van der Waals surface area (Å²) in [4.78, 5) is 39.5. The monoisotopic (exact) mass is 326 g/mol. The molecule has 2 heterocycles. The normalized spacial score (nSPS) is 13.4. The van der Waals surface area contributed by atoms with Gasteiger partial charge in [0.1, 0.15) is 18.1 Å². The van der Waals surface area contributed by atoms with Crippen LogP contribution < -0.4 is 0 Å². The number of hydrogen-bond donors (Lipinski definition) is 0. The molecule has 0 atom stereocenters. The Balaban J connectivity index is 1.71. The second kappa shape index (κ2) is 5.96. The summed E-state index contributed by atoms with van der Waals surface area (Å²) in [5.74, 6) is 0.248. The van der Waals surface area contributed by atoms with Crippen molar-refractivity contribution in [2.24, 2.45) is 0 Å². The van der Waals surface area contributed by atoms with Crippen LogP contribution in [0.1, 0.15) is 37.8 Å². The fourth-order valence-electron chi connectivity index (χ4n) is 2.70. The van der Waals surface area contributed by atoms with Crippen molar-refractivity contribution in [1.82, 2.24) is 9.80 Å². The van der Waals surface area contributed by atoms with E-state index in [-0.39, 0.29) is 19.0 Å². The highest BCUT2D eigenvalue weighted by molar-refractivity contribution is 6.22. The van der Waals surface area contributed by atoms with Gasteiger partial charge in [-0.2, -0.15) is 0 Å². The number of fused-ring (bicyclic) bond motifs is 1. The molecule has 6 nitrogen and oxygen atoms in total. The van der Waals surface area contributed by atoms with E-state index in [0.29, 0.717) is 16.9 Å². The summed E-state index contributed by atoms with van der Waals surface area (Å²) in [5, 5.41) is 0. The van der Waals surface area contributed by atoms with Gasteiger partial charge in [-0.15, -0.1) is 0 Å². The maximum atomic E-state index is 12.4. The maximum Gasteiger partial charge on any atom is 0.262 e. The summed E-state index contributed by atoms with van der Waals surface area (Å²) >= 11 is 0. The Hall–Kier alpha value is -2.89. The van der Waals surface area contributed by atoms with E-state index < -0.39 is 11.8 Å². The van der Waals surface area contributed by atoms with Gasteiger partial charge in [-0.05, 0) is 38.1 Å². The molecule has 0 aliphatic carbocycles.